The first-order valence-corrected chi connectivity index (χ1v) is 3.15. The highest BCUT2D eigenvalue weighted by Gasteiger charge is 2.14. The lowest BCUT2D eigenvalue weighted by atomic mass is 10.1. The number of hydrogen-bond acceptors (Lipinski definition) is 2. The fourth-order valence-electron chi connectivity index (χ4n) is 0.583. The van der Waals surface area contributed by atoms with Crippen molar-refractivity contribution in [3.8, 4) is 0 Å². The van der Waals surface area contributed by atoms with E-state index >= 15 is 0 Å². The van der Waals surface area contributed by atoms with Crippen molar-refractivity contribution in [3.63, 3.8) is 0 Å². The summed E-state index contributed by atoms with van der Waals surface area (Å²) < 4.78 is 12.4. The fraction of sp³-hybridized carbons (Fsp3) is 1.00. The molecule has 2 N–H and O–H groups in total. The Morgan fingerprint density at radius 3 is 2.44 bits per heavy atom. The van der Waals surface area contributed by atoms with E-state index in [1.165, 1.54) is 0 Å². The van der Waals surface area contributed by atoms with Crippen molar-refractivity contribution in [3.05, 3.63) is 0 Å². The average Bonchev–Trinajstić information content (AvgIpc) is 1.87. The Balaban J connectivity index is 3.32. The van der Waals surface area contributed by atoms with Crippen molar-refractivity contribution in [1.82, 2.24) is 0 Å². The SMILES string of the molecule is CCC[C@@H](F)[C@@H](O)CO. The first-order valence-electron chi connectivity index (χ1n) is 3.15. The lowest BCUT2D eigenvalue weighted by Gasteiger charge is -2.10. The van der Waals surface area contributed by atoms with Crippen LogP contribution in [0.5, 0.6) is 0 Å². The van der Waals surface area contributed by atoms with E-state index in [-0.39, 0.29) is 0 Å². The van der Waals surface area contributed by atoms with Gasteiger partial charge in [0, 0.05) is 0 Å². The van der Waals surface area contributed by atoms with Gasteiger partial charge in [-0.25, -0.2) is 4.39 Å². The molecule has 0 radical (unpaired) electrons. The van der Waals surface area contributed by atoms with Crippen molar-refractivity contribution >= 4 is 0 Å². The van der Waals surface area contributed by atoms with E-state index in [1.54, 1.807) is 0 Å². The molecule has 0 aromatic carbocycles. The van der Waals surface area contributed by atoms with Crippen LogP contribution < -0.4 is 0 Å². The van der Waals surface area contributed by atoms with Crippen LogP contribution in [-0.4, -0.2) is 29.1 Å². The molecule has 0 saturated heterocycles. The van der Waals surface area contributed by atoms with Gasteiger partial charge in [0.05, 0.1) is 6.61 Å². The third kappa shape index (κ3) is 3.43. The van der Waals surface area contributed by atoms with Crippen molar-refractivity contribution < 1.29 is 14.6 Å². The molecule has 56 valence electrons. The molecule has 3 heteroatoms. The Morgan fingerprint density at radius 1 is 1.56 bits per heavy atom. The van der Waals surface area contributed by atoms with Crippen LogP contribution in [0.2, 0.25) is 0 Å². The average molecular weight is 136 g/mol. The van der Waals surface area contributed by atoms with E-state index in [0.29, 0.717) is 12.8 Å². The van der Waals surface area contributed by atoms with Crippen LogP contribution in [-0.2, 0) is 0 Å². The van der Waals surface area contributed by atoms with Gasteiger partial charge in [-0.05, 0) is 6.42 Å². The maximum atomic E-state index is 12.4. The second-order valence-corrected chi connectivity index (χ2v) is 2.05. The van der Waals surface area contributed by atoms with Crippen LogP contribution in [0.3, 0.4) is 0 Å². The van der Waals surface area contributed by atoms with Gasteiger partial charge in [0.15, 0.2) is 0 Å². The number of aliphatic hydroxyl groups excluding tert-OH is 2. The molecule has 0 heterocycles. The fourth-order valence-corrected chi connectivity index (χ4v) is 0.583. The quantitative estimate of drug-likeness (QED) is 0.590. The van der Waals surface area contributed by atoms with Crippen LogP contribution in [0.1, 0.15) is 19.8 Å². The maximum Gasteiger partial charge on any atom is 0.128 e. The second-order valence-electron chi connectivity index (χ2n) is 2.05. The van der Waals surface area contributed by atoms with Crippen molar-refractivity contribution in [1.29, 1.82) is 0 Å². The first-order chi connectivity index (χ1) is 4.22. The molecule has 0 aliphatic carbocycles. The molecule has 0 aliphatic rings. The lowest BCUT2D eigenvalue weighted by molar-refractivity contribution is 0.0250. The number of alkyl halides is 1. The van der Waals surface area contributed by atoms with Gasteiger partial charge in [0.2, 0.25) is 0 Å². The number of aliphatic hydroxyl groups is 2. The Labute approximate surface area is 54.3 Å². The van der Waals surface area contributed by atoms with E-state index in [4.69, 9.17) is 10.2 Å². The number of hydrogen-bond donors (Lipinski definition) is 2. The van der Waals surface area contributed by atoms with Gasteiger partial charge < -0.3 is 10.2 Å². The monoisotopic (exact) mass is 136 g/mol. The summed E-state index contributed by atoms with van der Waals surface area (Å²) in [5.74, 6) is 0. The van der Waals surface area contributed by atoms with Crippen LogP contribution in [0.4, 0.5) is 4.39 Å². The minimum atomic E-state index is -1.26. The molecule has 0 aromatic rings. The first kappa shape index (κ1) is 8.85. The molecule has 0 spiro atoms. The molecule has 2 atom stereocenters. The van der Waals surface area contributed by atoms with E-state index in [1.807, 2.05) is 6.92 Å². The van der Waals surface area contributed by atoms with Crippen molar-refractivity contribution in [2.75, 3.05) is 6.61 Å². The Morgan fingerprint density at radius 2 is 2.11 bits per heavy atom. The molecule has 2 nitrogen and oxygen atoms in total. The lowest BCUT2D eigenvalue weighted by Crippen LogP contribution is -2.25. The maximum absolute atomic E-state index is 12.4. The summed E-state index contributed by atoms with van der Waals surface area (Å²) in [4.78, 5) is 0. The van der Waals surface area contributed by atoms with Gasteiger partial charge in [-0.3, -0.25) is 0 Å². The smallest absolute Gasteiger partial charge is 0.128 e. The van der Waals surface area contributed by atoms with E-state index in [0.717, 1.165) is 0 Å². The normalized spacial score (nSPS) is 17.3. The summed E-state index contributed by atoms with van der Waals surface area (Å²) in [6, 6.07) is 0. The minimum Gasteiger partial charge on any atom is -0.394 e. The molecule has 0 fully saturated rings. The third-order valence-corrected chi connectivity index (χ3v) is 1.17. The molecule has 0 amide bonds. The topological polar surface area (TPSA) is 40.5 Å². The van der Waals surface area contributed by atoms with Gasteiger partial charge in [-0.15, -0.1) is 0 Å². The Hall–Kier alpha value is -0.150. The van der Waals surface area contributed by atoms with Gasteiger partial charge in [-0.1, -0.05) is 13.3 Å². The largest absolute Gasteiger partial charge is 0.394 e. The second kappa shape index (κ2) is 4.70. The number of halogens is 1. The molecule has 0 aromatic heterocycles. The Bertz CT molecular complexity index is 68.1. The zero-order valence-corrected chi connectivity index (χ0v) is 5.55. The van der Waals surface area contributed by atoms with Crippen LogP contribution >= 0.6 is 0 Å². The summed E-state index contributed by atoms with van der Waals surface area (Å²) in [5.41, 5.74) is 0. The molecule has 0 unspecified atom stereocenters. The molecule has 0 rings (SSSR count). The van der Waals surface area contributed by atoms with Gasteiger partial charge >= 0.3 is 0 Å². The molecule has 0 saturated carbocycles. The molecular formula is C6H13FO2. The summed E-state index contributed by atoms with van der Waals surface area (Å²) >= 11 is 0. The van der Waals surface area contributed by atoms with Crippen LogP contribution in [0, 0.1) is 0 Å². The van der Waals surface area contributed by atoms with E-state index in [2.05, 4.69) is 0 Å². The highest BCUT2D eigenvalue weighted by atomic mass is 19.1. The van der Waals surface area contributed by atoms with Gasteiger partial charge in [0.25, 0.3) is 0 Å². The Kier molecular flexibility index (Phi) is 4.62. The molecule has 9 heavy (non-hydrogen) atoms. The highest BCUT2D eigenvalue weighted by Crippen LogP contribution is 2.05. The molecule has 0 aliphatic heterocycles. The predicted octanol–water partition coefficient (Wildman–Crippen LogP) is 0.478. The summed E-state index contributed by atoms with van der Waals surface area (Å²) in [5, 5.41) is 16.9. The summed E-state index contributed by atoms with van der Waals surface area (Å²) in [6.45, 7) is 1.35. The predicted molar refractivity (Wildman–Crippen MR) is 32.9 cm³/mol. The third-order valence-electron chi connectivity index (χ3n) is 1.17. The zero-order valence-electron chi connectivity index (χ0n) is 5.55. The standard InChI is InChI=1S/C6H13FO2/c1-2-3-5(7)6(9)4-8/h5-6,8-9H,2-4H2,1H3/t5-,6+/m1/s1. The molecular weight excluding hydrogens is 123 g/mol. The molecule has 0 bridgehead atoms. The number of rotatable bonds is 4. The van der Waals surface area contributed by atoms with Crippen LogP contribution in [0.25, 0.3) is 0 Å². The highest BCUT2D eigenvalue weighted by molar-refractivity contribution is 4.64. The zero-order chi connectivity index (χ0) is 7.28. The van der Waals surface area contributed by atoms with E-state index in [9.17, 15) is 4.39 Å². The summed E-state index contributed by atoms with van der Waals surface area (Å²) in [7, 11) is 0. The van der Waals surface area contributed by atoms with Crippen molar-refractivity contribution in [2.24, 2.45) is 0 Å². The van der Waals surface area contributed by atoms with Crippen LogP contribution in [0.15, 0.2) is 0 Å². The van der Waals surface area contributed by atoms with Gasteiger partial charge in [0.1, 0.15) is 12.3 Å². The van der Waals surface area contributed by atoms with Gasteiger partial charge in [-0.2, -0.15) is 0 Å². The van der Waals surface area contributed by atoms with Crippen molar-refractivity contribution in [2.45, 2.75) is 32.0 Å². The summed E-state index contributed by atoms with van der Waals surface area (Å²) in [6.07, 6.45) is -1.44. The van der Waals surface area contributed by atoms with E-state index < -0.39 is 18.9 Å². The minimum absolute atomic E-state index is 0.321.